The molecule has 0 radical (unpaired) electrons. The van der Waals surface area contributed by atoms with Crippen molar-refractivity contribution in [3.05, 3.63) is 60.1 Å². The van der Waals surface area contributed by atoms with Gasteiger partial charge in [0.1, 0.15) is 11.4 Å². The summed E-state index contributed by atoms with van der Waals surface area (Å²) in [6.07, 6.45) is 3.40. The third-order valence-electron chi connectivity index (χ3n) is 3.27. The van der Waals surface area contributed by atoms with Crippen LogP contribution in [-0.4, -0.2) is 35.8 Å². The molecule has 0 spiro atoms. The van der Waals surface area contributed by atoms with Gasteiger partial charge in [-0.25, -0.2) is 4.39 Å². The number of aliphatic hydroxyl groups excluding tert-OH is 1. The second-order valence-electron chi connectivity index (χ2n) is 5.11. The molecule has 1 atom stereocenters. The van der Waals surface area contributed by atoms with Crippen LogP contribution in [0.25, 0.3) is 0 Å². The van der Waals surface area contributed by atoms with Crippen molar-refractivity contribution in [2.24, 2.45) is 0 Å². The van der Waals surface area contributed by atoms with Crippen LogP contribution < -0.4 is 0 Å². The van der Waals surface area contributed by atoms with Gasteiger partial charge in [-0.2, -0.15) is 0 Å². The van der Waals surface area contributed by atoms with E-state index in [9.17, 15) is 9.50 Å². The van der Waals surface area contributed by atoms with Gasteiger partial charge in [0.05, 0.1) is 6.26 Å². The second kappa shape index (κ2) is 7.22. The minimum Gasteiger partial charge on any atom is -0.516 e. The molecule has 0 aliphatic heterocycles. The van der Waals surface area contributed by atoms with Crippen molar-refractivity contribution in [2.75, 3.05) is 20.6 Å². The standard InChI is InChI=1S/C16H22FNO2/c1-13(9-12-19)16(20,10-4-11-18(2)3)14-5-7-15(17)8-6-14/h5-9,12,19-20H,1,4,10-11H2,2-3H3/b12-9-. The van der Waals surface area contributed by atoms with Crippen LogP contribution in [0.1, 0.15) is 18.4 Å². The SMILES string of the molecule is C=C(/C=C\O)C(O)(CCCN(C)C)c1ccc(F)cc1. The zero-order valence-electron chi connectivity index (χ0n) is 12.0. The van der Waals surface area contributed by atoms with E-state index in [1.165, 1.54) is 18.2 Å². The molecule has 0 saturated heterocycles. The first-order valence-electron chi connectivity index (χ1n) is 6.53. The van der Waals surface area contributed by atoms with E-state index in [2.05, 4.69) is 6.58 Å². The lowest BCUT2D eigenvalue weighted by Crippen LogP contribution is -2.29. The maximum atomic E-state index is 13.0. The van der Waals surface area contributed by atoms with Gasteiger partial charge in [0.25, 0.3) is 0 Å². The zero-order valence-corrected chi connectivity index (χ0v) is 12.0. The lowest BCUT2D eigenvalue weighted by atomic mass is 9.83. The molecular formula is C16H22FNO2. The Morgan fingerprint density at radius 3 is 2.45 bits per heavy atom. The Bertz CT molecular complexity index is 468. The number of aliphatic hydroxyl groups is 2. The predicted octanol–water partition coefficient (Wildman–Crippen LogP) is 2.98. The first kappa shape index (κ1) is 16.4. The molecule has 1 unspecified atom stereocenters. The molecule has 0 amide bonds. The van der Waals surface area contributed by atoms with Gasteiger partial charge < -0.3 is 15.1 Å². The smallest absolute Gasteiger partial charge is 0.123 e. The average molecular weight is 279 g/mol. The summed E-state index contributed by atoms with van der Waals surface area (Å²) in [4.78, 5) is 2.02. The Morgan fingerprint density at radius 1 is 1.35 bits per heavy atom. The lowest BCUT2D eigenvalue weighted by Gasteiger charge is -2.30. The maximum Gasteiger partial charge on any atom is 0.123 e. The van der Waals surface area contributed by atoms with Crippen LogP contribution in [0.5, 0.6) is 0 Å². The number of hydrogen-bond donors (Lipinski definition) is 2. The Balaban J connectivity index is 3.00. The molecule has 0 aliphatic rings. The average Bonchev–Trinajstić information content (AvgIpc) is 2.39. The molecule has 0 heterocycles. The second-order valence-corrected chi connectivity index (χ2v) is 5.11. The van der Waals surface area contributed by atoms with Crippen LogP contribution >= 0.6 is 0 Å². The molecule has 1 aromatic rings. The molecule has 0 saturated carbocycles. The molecule has 0 aliphatic carbocycles. The first-order valence-corrected chi connectivity index (χ1v) is 6.53. The highest BCUT2D eigenvalue weighted by Gasteiger charge is 2.31. The molecule has 0 aromatic heterocycles. The van der Waals surface area contributed by atoms with E-state index in [0.29, 0.717) is 17.6 Å². The Labute approximate surface area is 119 Å². The fraction of sp³-hybridized carbons (Fsp3) is 0.375. The van der Waals surface area contributed by atoms with Gasteiger partial charge in [0, 0.05) is 0 Å². The monoisotopic (exact) mass is 279 g/mol. The molecule has 4 heteroatoms. The molecule has 3 nitrogen and oxygen atoms in total. The largest absolute Gasteiger partial charge is 0.516 e. The van der Waals surface area contributed by atoms with E-state index in [1.54, 1.807) is 12.1 Å². The molecular weight excluding hydrogens is 257 g/mol. The first-order chi connectivity index (χ1) is 9.40. The zero-order chi connectivity index (χ0) is 15.2. The topological polar surface area (TPSA) is 43.7 Å². The van der Waals surface area contributed by atoms with Gasteiger partial charge in [-0.05, 0) is 62.8 Å². The van der Waals surface area contributed by atoms with Crippen molar-refractivity contribution in [3.63, 3.8) is 0 Å². The number of hydrogen-bond acceptors (Lipinski definition) is 3. The highest BCUT2D eigenvalue weighted by atomic mass is 19.1. The molecule has 0 fully saturated rings. The summed E-state index contributed by atoms with van der Waals surface area (Å²) in [7, 11) is 3.92. The van der Waals surface area contributed by atoms with Gasteiger partial charge in [0.15, 0.2) is 0 Å². The number of rotatable bonds is 7. The highest BCUT2D eigenvalue weighted by molar-refractivity contribution is 5.36. The van der Waals surface area contributed by atoms with Crippen molar-refractivity contribution in [2.45, 2.75) is 18.4 Å². The number of halogens is 1. The maximum absolute atomic E-state index is 13.0. The van der Waals surface area contributed by atoms with Gasteiger partial charge in [0.2, 0.25) is 0 Å². The van der Waals surface area contributed by atoms with Crippen LogP contribution in [-0.2, 0) is 5.60 Å². The van der Waals surface area contributed by atoms with E-state index < -0.39 is 5.60 Å². The molecule has 1 rings (SSSR count). The minimum atomic E-state index is -1.30. The van der Waals surface area contributed by atoms with Crippen LogP contribution in [0.3, 0.4) is 0 Å². The van der Waals surface area contributed by atoms with Crippen LogP contribution in [0.4, 0.5) is 4.39 Å². The molecule has 0 bridgehead atoms. The molecule has 20 heavy (non-hydrogen) atoms. The summed E-state index contributed by atoms with van der Waals surface area (Å²) < 4.78 is 13.0. The van der Waals surface area contributed by atoms with Crippen molar-refractivity contribution in [1.29, 1.82) is 0 Å². The summed E-state index contributed by atoms with van der Waals surface area (Å²) in [5.41, 5.74) is -0.353. The van der Waals surface area contributed by atoms with E-state index >= 15 is 0 Å². The van der Waals surface area contributed by atoms with Crippen molar-refractivity contribution < 1.29 is 14.6 Å². The molecule has 2 N–H and O–H groups in total. The Morgan fingerprint density at radius 2 is 1.95 bits per heavy atom. The summed E-state index contributed by atoms with van der Waals surface area (Å²) in [6, 6.07) is 5.70. The van der Waals surface area contributed by atoms with Crippen molar-refractivity contribution >= 4 is 0 Å². The van der Waals surface area contributed by atoms with E-state index in [0.717, 1.165) is 19.2 Å². The van der Waals surface area contributed by atoms with Crippen LogP contribution in [0, 0.1) is 5.82 Å². The van der Waals surface area contributed by atoms with E-state index in [1.807, 2.05) is 19.0 Å². The van der Waals surface area contributed by atoms with Gasteiger partial charge in [-0.3, -0.25) is 0 Å². The summed E-state index contributed by atoms with van der Waals surface area (Å²) in [5, 5.41) is 19.8. The van der Waals surface area contributed by atoms with Gasteiger partial charge in [-0.15, -0.1) is 0 Å². The normalized spacial score (nSPS) is 14.7. The van der Waals surface area contributed by atoms with Gasteiger partial charge in [-0.1, -0.05) is 18.7 Å². The quantitative estimate of drug-likeness (QED) is 0.595. The van der Waals surface area contributed by atoms with Crippen molar-refractivity contribution in [1.82, 2.24) is 4.90 Å². The fourth-order valence-electron chi connectivity index (χ4n) is 2.09. The Kier molecular flexibility index (Phi) is 5.92. The molecule has 110 valence electrons. The number of benzene rings is 1. The lowest BCUT2D eigenvalue weighted by molar-refractivity contribution is 0.0659. The van der Waals surface area contributed by atoms with Crippen molar-refractivity contribution in [3.8, 4) is 0 Å². The fourth-order valence-corrected chi connectivity index (χ4v) is 2.09. The summed E-state index contributed by atoms with van der Waals surface area (Å²) >= 11 is 0. The highest BCUT2D eigenvalue weighted by Crippen LogP contribution is 2.34. The summed E-state index contributed by atoms with van der Waals surface area (Å²) in [6.45, 7) is 4.63. The molecule has 1 aromatic carbocycles. The predicted molar refractivity (Wildman–Crippen MR) is 79.0 cm³/mol. The third kappa shape index (κ3) is 4.18. The van der Waals surface area contributed by atoms with E-state index in [4.69, 9.17) is 5.11 Å². The number of nitrogens with zero attached hydrogens (tertiary/aromatic N) is 1. The van der Waals surface area contributed by atoms with E-state index in [-0.39, 0.29) is 5.82 Å². The summed E-state index contributed by atoms with van der Waals surface area (Å²) in [5.74, 6) is -0.354. The van der Waals surface area contributed by atoms with Gasteiger partial charge >= 0.3 is 0 Å². The minimum absolute atomic E-state index is 0.354. The van der Waals surface area contributed by atoms with Crippen LogP contribution in [0.15, 0.2) is 48.8 Å². The third-order valence-corrected chi connectivity index (χ3v) is 3.27. The Hall–Kier alpha value is -1.65. The van der Waals surface area contributed by atoms with Crippen LogP contribution in [0.2, 0.25) is 0 Å².